The maximum atomic E-state index is 12.6. The normalized spacial score (nSPS) is 11.9. The predicted octanol–water partition coefficient (Wildman–Crippen LogP) is 3.22. The molecule has 0 radical (unpaired) electrons. The molecule has 0 unspecified atom stereocenters. The summed E-state index contributed by atoms with van der Waals surface area (Å²) in [7, 11) is -1.94. The van der Waals surface area contributed by atoms with Gasteiger partial charge in [0.2, 0.25) is 0 Å². The number of hydrogen-bond donors (Lipinski definition) is 0. The largest absolute Gasteiger partial charge is 0.355 e. The minimum absolute atomic E-state index is 0.289. The molecule has 22 heavy (non-hydrogen) atoms. The van der Waals surface area contributed by atoms with Crippen molar-refractivity contribution < 1.29 is 12.9 Å². The Morgan fingerprint density at radius 3 is 2.59 bits per heavy atom. The van der Waals surface area contributed by atoms with E-state index in [-0.39, 0.29) is 4.21 Å². The highest BCUT2D eigenvalue weighted by atomic mass is 32.2. The van der Waals surface area contributed by atoms with Crippen LogP contribution in [0.4, 0.5) is 0 Å². The van der Waals surface area contributed by atoms with Gasteiger partial charge < -0.3 is 4.52 Å². The molecule has 0 fully saturated rings. The van der Waals surface area contributed by atoms with Crippen molar-refractivity contribution in [2.75, 3.05) is 7.05 Å². The molecule has 0 aliphatic heterocycles. The fourth-order valence-electron chi connectivity index (χ4n) is 2.01. The topological polar surface area (TPSA) is 63.4 Å². The molecule has 3 aromatic rings. The van der Waals surface area contributed by atoms with Crippen LogP contribution in [0.1, 0.15) is 5.56 Å². The number of sulfonamides is 1. The Labute approximate surface area is 132 Å². The Morgan fingerprint density at radius 1 is 1.14 bits per heavy atom. The second kappa shape index (κ2) is 6.04. The van der Waals surface area contributed by atoms with E-state index in [9.17, 15) is 8.42 Å². The molecule has 1 aromatic carbocycles. The van der Waals surface area contributed by atoms with Gasteiger partial charge in [-0.15, -0.1) is 11.3 Å². The lowest BCUT2D eigenvalue weighted by Gasteiger charge is -2.15. The van der Waals surface area contributed by atoms with Crippen LogP contribution in [-0.4, -0.2) is 24.9 Å². The van der Waals surface area contributed by atoms with Gasteiger partial charge in [0.25, 0.3) is 10.0 Å². The molecule has 0 amide bonds. The maximum Gasteiger partial charge on any atom is 0.252 e. The van der Waals surface area contributed by atoms with Gasteiger partial charge in [-0.3, -0.25) is 0 Å². The highest BCUT2D eigenvalue weighted by Gasteiger charge is 2.23. The Morgan fingerprint density at radius 2 is 1.91 bits per heavy atom. The average molecular weight is 334 g/mol. The van der Waals surface area contributed by atoms with Crippen molar-refractivity contribution >= 4 is 21.4 Å². The molecule has 0 saturated heterocycles. The van der Waals surface area contributed by atoms with Crippen LogP contribution in [0.5, 0.6) is 0 Å². The van der Waals surface area contributed by atoms with Crippen LogP contribution in [0, 0.1) is 0 Å². The molecule has 0 spiro atoms. The minimum atomic E-state index is -3.52. The summed E-state index contributed by atoms with van der Waals surface area (Å²) in [5, 5.41) is 3.63. The van der Waals surface area contributed by atoms with Gasteiger partial charge in [0.1, 0.15) is 4.21 Å². The molecule has 114 valence electrons. The summed E-state index contributed by atoms with van der Waals surface area (Å²) in [6, 6.07) is 14.5. The van der Waals surface area contributed by atoms with Crippen LogP contribution in [0.25, 0.3) is 10.6 Å². The van der Waals surface area contributed by atoms with Crippen LogP contribution in [-0.2, 0) is 16.6 Å². The fraction of sp³-hybridized carbons (Fsp3) is 0.133. The monoisotopic (exact) mass is 334 g/mol. The van der Waals surface area contributed by atoms with E-state index in [2.05, 4.69) is 5.16 Å². The van der Waals surface area contributed by atoms with Crippen LogP contribution < -0.4 is 0 Å². The first-order valence-corrected chi connectivity index (χ1v) is 8.84. The fourth-order valence-corrected chi connectivity index (χ4v) is 4.65. The molecule has 5 nitrogen and oxygen atoms in total. The van der Waals surface area contributed by atoms with Gasteiger partial charge in [-0.2, -0.15) is 4.31 Å². The highest BCUT2D eigenvalue weighted by molar-refractivity contribution is 7.91. The van der Waals surface area contributed by atoms with Gasteiger partial charge in [-0.05, 0) is 17.7 Å². The second-order valence-electron chi connectivity index (χ2n) is 4.74. The van der Waals surface area contributed by atoms with Crippen molar-refractivity contribution in [1.29, 1.82) is 0 Å². The van der Waals surface area contributed by atoms with Crippen LogP contribution >= 0.6 is 11.3 Å². The van der Waals surface area contributed by atoms with Crippen molar-refractivity contribution in [3.8, 4) is 10.6 Å². The van der Waals surface area contributed by atoms with Crippen molar-refractivity contribution in [3.05, 3.63) is 60.3 Å². The van der Waals surface area contributed by atoms with Gasteiger partial charge in [-0.25, -0.2) is 8.42 Å². The zero-order chi connectivity index (χ0) is 15.6. The number of thiophene rings is 1. The quantitative estimate of drug-likeness (QED) is 0.719. The lowest BCUT2D eigenvalue weighted by atomic mass is 10.2. The molecule has 0 aliphatic rings. The van der Waals surface area contributed by atoms with Crippen LogP contribution in [0.2, 0.25) is 0 Å². The van der Waals surface area contributed by atoms with Crippen LogP contribution in [0.3, 0.4) is 0 Å². The van der Waals surface area contributed by atoms with E-state index in [1.165, 1.54) is 21.8 Å². The first-order chi connectivity index (χ1) is 10.6. The molecule has 0 aliphatic carbocycles. The Balaban J connectivity index is 1.83. The lowest BCUT2D eigenvalue weighted by Crippen LogP contribution is -2.25. The number of aromatic nitrogens is 1. The predicted molar refractivity (Wildman–Crippen MR) is 84.9 cm³/mol. The summed E-state index contributed by atoms with van der Waals surface area (Å²) in [6.07, 6.45) is 1.53. The Kier molecular flexibility index (Phi) is 4.10. The van der Waals surface area contributed by atoms with E-state index in [4.69, 9.17) is 4.52 Å². The maximum absolute atomic E-state index is 12.6. The zero-order valence-electron chi connectivity index (χ0n) is 11.8. The first kappa shape index (κ1) is 15.0. The Hall–Kier alpha value is -1.96. The summed E-state index contributed by atoms with van der Waals surface area (Å²) in [5.41, 5.74) is 0.945. The second-order valence-corrected chi connectivity index (χ2v) is 8.10. The molecule has 7 heteroatoms. The SMILES string of the molecule is CN(Cc1ccccc1)S(=O)(=O)c1ccc(-c2ccno2)s1. The third-order valence-corrected chi connectivity index (χ3v) is 6.55. The van der Waals surface area contributed by atoms with Crippen molar-refractivity contribution in [2.24, 2.45) is 0 Å². The molecular weight excluding hydrogens is 320 g/mol. The van der Waals surface area contributed by atoms with Crippen molar-refractivity contribution in [3.63, 3.8) is 0 Å². The van der Waals surface area contributed by atoms with E-state index in [0.717, 1.165) is 10.4 Å². The van der Waals surface area contributed by atoms with Gasteiger partial charge in [0.15, 0.2) is 5.76 Å². The zero-order valence-corrected chi connectivity index (χ0v) is 13.5. The smallest absolute Gasteiger partial charge is 0.252 e. The van der Waals surface area contributed by atoms with E-state index in [1.54, 1.807) is 25.2 Å². The molecule has 2 aromatic heterocycles. The summed E-state index contributed by atoms with van der Waals surface area (Å²) < 4.78 is 31.9. The van der Waals surface area contributed by atoms with Crippen LogP contribution in [0.15, 0.2) is 63.5 Å². The number of benzene rings is 1. The summed E-state index contributed by atoms with van der Waals surface area (Å²) >= 11 is 1.17. The summed E-state index contributed by atoms with van der Waals surface area (Å²) in [6.45, 7) is 0.332. The third-order valence-electron chi connectivity index (χ3n) is 3.17. The summed E-state index contributed by atoms with van der Waals surface area (Å²) in [4.78, 5) is 0.740. The van der Waals surface area contributed by atoms with Gasteiger partial charge in [0.05, 0.1) is 11.1 Å². The van der Waals surface area contributed by atoms with Gasteiger partial charge in [-0.1, -0.05) is 35.5 Å². The molecule has 0 N–H and O–H groups in total. The average Bonchev–Trinajstić information content (AvgIpc) is 3.19. The van der Waals surface area contributed by atoms with E-state index >= 15 is 0 Å². The van der Waals surface area contributed by atoms with E-state index in [1.807, 2.05) is 30.3 Å². The standard InChI is InChI=1S/C15H14N2O3S2/c1-17(11-12-5-3-2-4-6-12)22(18,19)15-8-7-14(21-15)13-9-10-16-20-13/h2-10H,11H2,1H3. The van der Waals surface area contributed by atoms with Gasteiger partial charge in [0, 0.05) is 19.7 Å². The molecule has 0 bridgehead atoms. The molecular formula is C15H14N2O3S2. The van der Waals surface area contributed by atoms with Gasteiger partial charge >= 0.3 is 0 Å². The molecule has 0 saturated carbocycles. The minimum Gasteiger partial charge on any atom is -0.355 e. The van der Waals surface area contributed by atoms with Crippen molar-refractivity contribution in [1.82, 2.24) is 9.46 Å². The number of nitrogens with zero attached hydrogens (tertiary/aromatic N) is 2. The number of rotatable bonds is 5. The molecule has 3 rings (SSSR count). The Bertz CT molecular complexity index is 840. The van der Waals surface area contributed by atoms with E-state index < -0.39 is 10.0 Å². The van der Waals surface area contributed by atoms with E-state index in [0.29, 0.717) is 12.3 Å². The third kappa shape index (κ3) is 2.96. The first-order valence-electron chi connectivity index (χ1n) is 6.58. The highest BCUT2D eigenvalue weighted by Crippen LogP contribution is 2.32. The summed E-state index contributed by atoms with van der Waals surface area (Å²) in [5.74, 6) is 0.567. The number of hydrogen-bond acceptors (Lipinski definition) is 5. The van der Waals surface area contributed by atoms with Crippen molar-refractivity contribution in [2.45, 2.75) is 10.8 Å². The molecule has 2 heterocycles. The lowest BCUT2D eigenvalue weighted by molar-refractivity contribution is 0.433. The molecule has 0 atom stereocenters.